The van der Waals surface area contributed by atoms with Crippen LogP contribution in [-0.4, -0.2) is 34.9 Å². The maximum Gasteiger partial charge on any atom is 0.161 e. The molecule has 6 heteroatoms. The number of aliphatic hydroxyl groups excluding tert-OH is 1. The van der Waals surface area contributed by atoms with Crippen LogP contribution in [-0.2, 0) is 6.54 Å². The molecule has 1 aromatic heterocycles. The van der Waals surface area contributed by atoms with Gasteiger partial charge in [0.15, 0.2) is 11.5 Å². The van der Waals surface area contributed by atoms with Gasteiger partial charge in [0.05, 0.1) is 19.8 Å². The van der Waals surface area contributed by atoms with Crippen molar-refractivity contribution in [3.8, 4) is 11.5 Å². The molecule has 0 amide bonds. The lowest BCUT2D eigenvalue weighted by Crippen LogP contribution is -2.27. The summed E-state index contributed by atoms with van der Waals surface area (Å²) in [6.45, 7) is 3.17. The van der Waals surface area contributed by atoms with E-state index in [-0.39, 0.29) is 6.10 Å². The van der Waals surface area contributed by atoms with Crippen molar-refractivity contribution in [3.05, 3.63) is 41.9 Å². The van der Waals surface area contributed by atoms with E-state index in [1.807, 2.05) is 31.2 Å². The Labute approximate surface area is 141 Å². The van der Waals surface area contributed by atoms with E-state index in [1.54, 1.807) is 13.4 Å². The Morgan fingerprint density at radius 3 is 2.75 bits per heavy atom. The maximum atomic E-state index is 9.43. The minimum Gasteiger partial charge on any atom is -0.493 e. The summed E-state index contributed by atoms with van der Waals surface area (Å²) >= 11 is 0. The zero-order chi connectivity index (χ0) is 16.9. The summed E-state index contributed by atoms with van der Waals surface area (Å²) in [6.07, 6.45) is 2.96. The summed E-state index contributed by atoms with van der Waals surface area (Å²) in [5, 5.41) is 12.7. The first kappa shape index (κ1) is 16.5. The molecule has 1 heterocycles. The van der Waals surface area contributed by atoms with Gasteiger partial charge in [-0.2, -0.15) is 0 Å². The van der Waals surface area contributed by atoms with Crippen LogP contribution in [0.5, 0.6) is 11.5 Å². The molecule has 0 spiro atoms. The molecule has 1 aliphatic rings. The highest BCUT2D eigenvalue weighted by Crippen LogP contribution is 2.36. The number of nitrogens with one attached hydrogen (secondary N) is 1. The number of methoxy groups -OCH3 is 1. The number of anilines is 1. The number of ether oxygens (including phenoxy) is 2. The van der Waals surface area contributed by atoms with Crippen molar-refractivity contribution in [1.82, 2.24) is 9.97 Å². The van der Waals surface area contributed by atoms with Crippen LogP contribution in [0.15, 0.2) is 30.6 Å². The molecule has 0 radical (unpaired) electrons. The van der Waals surface area contributed by atoms with Crippen molar-refractivity contribution >= 4 is 5.82 Å². The minimum atomic E-state index is -0.183. The smallest absolute Gasteiger partial charge is 0.161 e. The zero-order valence-corrected chi connectivity index (χ0v) is 14.0. The zero-order valence-electron chi connectivity index (χ0n) is 14.0. The quantitative estimate of drug-likeness (QED) is 0.813. The Morgan fingerprint density at radius 1 is 1.21 bits per heavy atom. The molecule has 0 atom stereocenters. The van der Waals surface area contributed by atoms with Crippen LogP contribution in [0, 0.1) is 0 Å². The Morgan fingerprint density at radius 2 is 2.04 bits per heavy atom. The van der Waals surface area contributed by atoms with E-state index in [0.717, 1.165) is 41.4 Å². The van der Waals surface area contributed by atoms with E-state index >= 15 is 0 Å². The monoisotopic (exact) mass is 329 g/mol. The highest BCUT2D eigenvalue weighted by Gasteiger charge is 2.29. The lowest BCUT2D eigenvalue weighted by atomic mass is 9.80. The van der Waals surface area contributed by atoms with Crippen molar-refractivity contribution in [3.63, 3.8) is 0 Å². The third-order valence-corrected chi connectivity index (χ3v) is 4.22. The third kappa shape index (κ3) is 3.76. The average Bonchev–Trinajstić information content (AvgIpc) is 2.58. The number of nitrogens with zero attached hydrogens (tertiary/aromatic N) is 2. The Hall–Kier alpha value is -2.34. The van der Waals surface area contributed by atoms with Crippen LogP contribution < -0.4 is 14.8 Å². The fraction of sp³-hybridized carbons (Fsp3) is 0.444. The van der Waals surface area contributed by atoms with Gasteiger partial charge in [0.1, 0.15) is 12.1 Å². The molecule has 0 aliphatic heterocycles. The third-order valence-electron chi connectivity index (χ3n) is 4.22. The van der Waals surface area contributed by atoms with Gasteiger partial charge in [0, 0.05) is 24.2 Å². The largest absolute Gasteiger partial charge is 0.493 e. The fourth-order valence-electron chi connectivity index (χ4n) is 2.81. The second-order valence-corrected chi connectivity index (χ2v) is 5.92. The first-order valence-corrected chi connectivity index (χ1v) is 8.23. The molecule has 1 aromatic carbocycles. The Bertz CT molecular complexity index is 687. The van der Waals surface area contributed by atoms with Crippen LogP contribution in [0.2, 0.25) is 0 Å². The molecular weight excluding hydrogens is 306 g/mol. The Kier molecular flexibility index (Phi) is 5.15. The summed E-state index contributed by atoms with van der Waals surface area (Å²) in [4.78, 5) is 8.58. The van der Waals surface area contributed by atoms with Crippen LogP contribution in [0.25, 0.3) is 0 Å². The van der Waals surface area contributed by atoms with E-state index in [4.69, 9.17) is 9.47 Å². The molecule has 3 rings (SSSR count). The average molecular weight is 329 g/mol. The van der Waals surface area contributed by atoms with Gasteiger partial charge in [0.2, 0.25) is 0 Å². The lowest BCUT2D eigenvalue weighted by Gasteiger charge is -2.30. The van der Waals surface area contributed by atoms with Crippen molar-refractivity contribution in [2.45, 2.75) is 38.3 Å². The fourth-order valence-corrected chi connectivity index (χ4v) is 2.81. The second kappa shape index (κ2) is 7.49. The van der Waals surface area contributed by atoms with Gasteiger partial charge in [-0.05, 0) is 37.5 Å². The van der Waals surface area contributed by atoms with Gasteiger partial charge in [-0.1, -0.05) is 6.07 Å². The highest BCUT2D eigenvalue weighted by atomic mass is 16.5. The van der Waals surface area contributed by atoms with E-state index in [9.17, 15) is 5.11 Å². The van der Waals surface area contributed by atoms with E-state index < -0.39 is 0 Å². The molecule has 0 unspecified atom stereocenters. The molecule has 2 aromatic rings. The summed E-state index contributed by atoms with van der Waals surface area (Å²) in [6, 6.07) is 7.84. The number of hydrogen-bond donors (Lipinski definition) is 2. The number of rotatable bonds is 7. The number of benzene rings is 1. The lowest BCUT2D eigenvalue weighted by molar-refractivity contribution is 0.0732. The normalized spacial score (nSPS) is 19.5. The van der Waals surface area contributed by atoms with Crippen molar-refractivity contribution in [1.29, 1.82) is 0 Å². The molecule has 0 bridgehead atoms. The molecule has 0 saturated heterocycles. The summed E-state index contributed by atoms with van der Waals surface area (Å²) < 4.78 is 10.9. The number of aromatic nitrogens is 2. The molecule has 2 N–H and O–H groups in total. The minimum absolute atomic E-state index is 0.183. The predicted octanol–water partition coefficient (Wildman–Crippen LogP) is 2.73. The van der Waals surface area contributed by atoms with Gasteiger partial charge in [-0.3, -0.25) is 0 Å². The number of aliphatic hydroxyl groups is 1. The molecule has 1 saturated carbocycles. The Balaban J connectivity index is 1.65. The molecular formula is C18H23N3O3. The highest BCUT2D eigenvalue weighted by molar-refractivity contribution is 5.44. The van der Waals surface area contributed by atoms with Crippen LogP contribution in [0.4, 0.5) is 5.82 Å². The maximum absolute atomic E-state index is 9.43. The van der Waals surface area contributed by atoms with Crippen molar-refractivity contribution < 1.29 is 14.6 Å². The standard InChI is InChI=1S/C18H23N3O3/c1-3-24-17-6-12(4-5-16(17)23-2)10-19-18-9-15(20-11-21-18)13-7-14(22)8-13/h4-6,9,11,13-14,22H,3,7-8,10H2,1-2H3,(H,19,20,21). The first-order chi connectivity index (χ1) is 11.7. The predicted molar refractivity (Wildman–Crippen MR) is 91.5 cm³/mol. The van der Waals surface area contributed by atoms with Crippen LogP contribution in [0.1, 0.15) is 36.9 Å². The van der Waals surface area contributed by atoms with Gasteiger partial charge in [-0.25, -0.2) is 9.97 Å². The van der Waals surface area contributed by atoms with E-state index in [2.05, 4.69) is 15.3 Å². The van der Waals surface area contributed by atoms with Crippen molar-refractivity contribution in [2.24, 2.45) is 0 Å². The molecule has 1 aliphatic carbocycles. The molecule has 1 fully saturated rings. The molecule has 128 valence electrons. The second-order valence-electron chi connectivity index (χ2n) is 5.92. The van der Waals surface area contributed by atoms with Gasteiger partial charge in [-0.15, -0.1) is 0 Å². The van der Waals surface area contributed by atoms with Gasteiger partial charge < -0.3 is 19.9 Å². The van der Waals surface area contributed by atoms with E-state index in [0.29, 0.717) is 19.1 Å². The topological polar surface area (TPSA) is 76.5 Å². The summed E-state index contributed by atoms with van der Waals surface area (Å²) in [5.41, 5.74) is 2.07. The van der Waals surface area contributed by atoms with Gasteiger partial charge >= 0.3 is 0 Å². The first-order valence-electron chi connectivity index (χ1n) is 8.23. The summed E-state index contributed by atoms with van der Waals surface area (Å²) in [7, 11) is 1.63. The van der Waals surface area contributed by atoms with Crippen molar-refractivity contribution in [2.75, 3.05) is 19.0 Å². The number of hydrogen-bond acceptors (Lipinski definition) is 6. The van der Waals surface area contributed by atoms with Crippen LogP contribution in [0.3, 0.4) is 0 Å². The molecule has 24 heavy (non-hydrogen) atoms. The van der Waals surface area contributed by atoms with Crippen LogP contribution >= 0.6 is 0 Å². The summed E-state index contributed by atoms with van der Waals surface area (Å²) in [5.74, 6) is 2.60. The molecule has 6 nitrogen and oxygen atoms in total. The SMILES string of the molecule is CCOc1cc(CNc2cc(C3CC(O)C3)ncn2)ccc1OC. The van der Waals surface area contributed by atoms with Gasteiger partial charge in [0.25, 0.3) is 0 Å². The van der Waals surface area contributed by atoms with E-state index in [1.165, 1.54) is 0 Å².